The number of rotatable bonds is 4. The van der Waals surface area contributed by atoms with Gasteiger partial charge in [0.15, 0.2) is 0 Å². The fourth-order valence-electron chi connectivity index (χ4n) is 3.31. The van der Waals surface area contributed by atoms with E-state index in [4.69, 9.17) is 0 Å². The van der Waals surface area contributed by atoms with Crippen LogP contribution >= 0.6 is 0 Å². The molecule has 112 valence electrons. The van der Waals surface area contributed by atoms with Crippen LogP contribution in [0.3, 0.4) is 0 Å². The van der Waals surface area contributed by atoms with E-state index >= 15 is 0 Å². The molecular formula is C16H23N5. The van der Waals surface area contributed by atoms with E-state index < -0.39 is 0 Å². The lowest BCUT2D eigenvalue weighted by atomic mass is 10.1. The molecule has 2 atom stereocenters. The van der Waals surface area contributed by atoms with Gasteiger partial charge < -0.3 is 0 Å². The summed E-state index contributed by atoms with van der Waals surface area (Å²) < 4.78 is 2.05. The number of aryl methyl sites for hydroxylation is 2. The topological polar surface area (TPSA) is 46.8 Å². The fourth-order valence-corrected chi connectivity index (χ4v) is 3.31. The Morgan fingerprint density at radius 2 is 2.24 bits per heavy atom. The molecule has 0 bridgehead atoms. The van der Waals surface area contributed by atoms with Crippen molar-refractivity contribution < 1.29 is 0 Å². The zero-order valence-corrected chi connectivity index (χ0v) is 13.0. The molecule has 2 aromatic heterocycles. The van der Waals surface area contributed by atoms with Gasteiger partial charge in [0.2, 0.25) is 0 Å². The monoisotopic (exact) mass is 285 g/mol. The van der Waals surface area contributed by atoms with Gasteiger partial charge in [0.1, 0.15) is 11.6 Å². The third-order valence-electron chi connectivity index (χ3n) is 4.43. The molecule has 2 aromatic rings. The molecule has 0 N–H and O–H groups in total. The van der Waals surface area contributed by atoms with Gasteiger partial charge in [0, 0.05) is 24.5 Å². The number of hydrogen-bond acceptors (Lipinski definition) is 4. The Bertz CT molecular complexity index is 592. The van der Waals surface area contributed by atoms with Crippen molar-refractivity contribution in [1.82, 2.24) is 24.6 Å². The van der Waals surface area contributed by atoms with Crippen LogP contribution in [-0.2, 0) is 6.54 Å². The van der Waals surface area contributed by atoms with Crippen LogP contribution in [0.25, 0.3) is 0 Å². The first-order chi connectivity index (χ1) is 10.1. The number of nitrogens with zero attached hydrogens (tertiary/aromatic N) is 5. The van der Waals surface area contributed by atoms with Gasteiger partial charge in [0.25, 0.3) is 0 Å². The van der Waals surface area contributed by atoms with E-state index in [2.05, 4.69) is 33.0 Å². The Balaban J connectivity index is 1.75. The largest absolute Gasteiger partial charge is 0.292 e. The van der Waals surface area contributed by atoms with E-state index in [0.29, 0.717) is 12.1 Å². The van der Waals surface area contributed by atoms with E-state index in [9.17, 15) is 0 Å². The number of likely N-dealkylation sites (tertiary alicyclic amines) is 1. The van der Waals surface area contributed by atoms with Gasteiger partial charge in [-0.15, -0.1) is 0 Å². The average Bonchev–Trinajstić information content (AvgIpc) is 3.06. The molecule has 1 aliphatic heterocycles. The maximum atomic E-state index is 4.51. The summed E-state index contributed by atoms with van der Waals surface area (Å²) in [7, 11) is 0. The van der Waals surface area contributed by atoms with Crippen molar-refractivity contribution in [2.24, 2.45) is 0 Å². The molecule has 0 radical (unpaired) electrons. The molecular weight excluding hydrogens is 262 g/mol. The molecule has 21 heavy (non-hydrogen) atoms. The van der Waals surface area contributed by atoms with Crippen molar-refractivity contribution in [3.63, 3.8) is 0 Å². The molecule has 0 amide bonds. The van der Waals surface area contributed by atoms with E-state index in [-0.39, 0.29) is 0 Å². The number of pyridine rings is 1. The molecule has 0 aromatic carbocycles. The third kappa shape index (κ3) is 2.97. The molecule has 3 rings (SSSR count). The van der Waals surface area contributed by atoms with Crippen LogP contribution in [0.5, 0.6) is 0 Å². The average molecular weight is 285 g/mol. The molecule has 0 saturated carbocycles. The Hall–Kier alpha value is -1.75. The molecule has 1 fully saturated rings. The van der Waals surface area contributed by atoms with Gasteiger partial charge in [-0.1, -0.05) is 6.07 Å². The van der Waals surface area contributed by atoms with Gasteiger partial charge in [-0.25, -0.2) is 9.67 Å². The fraction of sp³-hybridized carbons (Fsp3) is 0.562. The van der Waals surface area contributed by atoms with Crippen molar-refractivity contribution in [3.05, 3.63) is 41.7 Å². The van der Waals surface area contributed by atoms with Gasteiger partial charge in [0.05, 0.1) is 6.54 Å². The molecule has 0 aliphatic carbocycles. The molecule has 0 unspecified atom stereocenters. The Morgan fingerprint density at radius 3 is 2.90 bits per heavy atom. The first-order valence-corrected chi connectivity index (χ1v) is 7.69. The van der Waals surface area contributed by atoms with E-state index in [1.54, 1.807) is 0 Å². The molecule has 5 heteroatoms. The molecule has 1 aliphatic rings. The first-order valence-electron chi connectivity index (χ1n) is 7.69. The highest BCUT2D eigenvalue weighted by atomic mass is 15.4. The number of hydrogen-bond donors (Lipinski definition) is 0. The molecule has 1 saturated heterocycles. The Morgan fingerprint density at radius 1 is 1.38 bits per heavy atom. The van der Waals surface area contributed by atoms with Gasteiger partial charge in [-0.05, 0) is 51.8 Å². The van der Waals surface area contributed by atoms with Crippen LogP contribution in [0.4, 0.5) is 0 Å². The summed E-state index contributed by atoms with van der Waals surface area (Å²) in [4.78, 5) is 11.2. The normalized spacial score (nSPS) is 20.8. The minimum Gasteiger partial charge on any atom is -0.292 e. The maximum absolute atomic E-state index is 4.51. The molecule has 3 heterocycles. The summed E-state index contributed by atoms with van der Waals surface area (Å²) in [6, 6.07) is 5.11. The van der Waals surface area contributed by atoms with Gasteiger partial charge in [-0.2, -0.15) is 5.10 Å². The quantitative estimate of drug-likeness (QED) is 0.866. The Labute approximate surface area is 126 Å². The van der Waals surface area contributed by atoms with Crippen LogP contribution in [0.2, 0.25) is 0 Å². The second-order valence-electron chi connectivity index (χ2n) is 5.88. The highest BCUT2D eigenvalue weighted by Gasteiger charge is 2.30. The zero-order chi connectivity index (χ0) is 14.8. The third-order valence-corrected chi connectivity index (χ3v) is 4.43. The summed E-state index contributed by atoms with van der Waals surface area (Å²) in [6.07, 6.45) is 6.29. The van der Waals surface area contributed by atoms with Crippen LogP contribution in [0.1, 0.15) is 43.0 Å². The van der Waals surface area contributed by atoms with E-state index in [1.807, 2.05) is 37.0 Å². The van der Waals surface area contributed by atoms with Crippen LogP contribution in [-0.4, -0.2) is 37.2 Å². The predicted molar refractivity (Wildman–Crippen MR) is 81.9 cm³/mol. The van der Waals surface area contributed by atoms with Crippen molar-refractivity contribution in [1.29, 1.82) is 0 Å². The maximum Gasteiger partial charge on any atom is 0.147 e. The lowest BCUT2D eigenvalue weighted by Crippen LogP contribution is -2.35. The summed E-state index contributed by atoms with van der Waals surface area (Å²) in [5.41, 5.74) is 1.29. The van der Waals surface area contributed by atoms with Crippen LogP contribution in [0, 0.1) is 13.8 Å². The zero-order valence-electron chi connectivity index (χ0n) is 13.0. The second kappa shape index (κ2) is 5.93. The van der Waals surface area contributed by atoms with Crippen LogP contribution < -0.4 is 0 Å². The van der Waals surface area contributed by atoms with Crippen molar-refractivity contribution in [2.75, 3.05) is 6.54 Å². The smallest absolute Gasteiger partial charge is 0.147 e. The Kier molecular flexibility index (Phi) is 4.01. The summed E-state index contributed by atoms with van der Waals surface area (Å²) in [6.45, 7) is 8.33. The summed E-state index contributed by atoms with van der Waals surface area (Å²) in [5.74, 6) is 1.87. The first kappa shape index (κ1) is 14.2. The predicted octanol–water partition coefficient (Wildman–Crippen LogP) is 2.52. The standard InChI is InChI=1S/C16H23N5/c1-12(15-6-4-8-17-10-15)20-9-5-7-16(20)11-21-14(3)18-13(2)19-21/h4,6,8,10,12,16H,5,7,9,11H2,1-3H3/t12-,16-/m0/s1. The lowest BCUT2D eigenvalue weighted by Gasteiger charge is -2.30. The van der Waals surface area contributed by atoms with E-state index in [1.165, 1.54) is 18.4 Å². The van der Waals surface area contributed by atoms with Crippen molar-refractivity contribution in [2.45, 2.75) is 52.2 Å². The molecule has 5 nitrogen and oxygen atoms in total. The van der Waals surface area contributed by atoms with Crippen molar-refractivity contribution in [3.8, 4) is 0 Å². The molecule has 0 spiro atoms. The second-order valence-corrected chi connectivity index (χ2v) is 5.88. The lowest BCUT2D eigenvalue weighted by molar-refractivity contribution is 0.172. The van der Waals surface area contributed by atoms with Crippen molar-refractivity contribution >= 4 is 0 Å². The SMILES string of the molecule is Cc1nc(C)n(C[C@@H]2CCCN2[C@@H](C)c2cccnc2)n1. The minimum absolute atomic E-state index is 0.399. The van der Waals surface area contributed by atoms with E-state index in [0.717, 1.165) is 24.7 Å². The highest BCUT2D eigenvalue weighted by molar-refractivity contribution is 5.14. The minimum atomic E-state index is 0.399. The summed E-state index contributed by atoms with van der Waals surface area (Å²) >= 11 is 0. The highest BCUT2D eigenvalue weighted by Crippen LogP contribution is 2.29. The van der Waals surface area contributed by atoms with Crippen LogP contribution in [0.15, 0.2) is 24.5 Å². The number of aromatic nitrogens is 4. The van der Waals surface area contributed by atoms with Gasteiger partial charge in [-0.3, -0.25) is 9.88 Å². The summed E-state index contributed by atoms with van der Waals surface area (Å²) in [5, 5.41) is 4.51. The van der Waals surface area contributed by atoms with Gasteiger partial charge >= 0.3 is 0 Å².